The van der Waals surface area contributed by atoms with Crippen molar-refractivity contribution in [3.8, 4) is 0 Å². The third kappa shape index (κ3) is 1.51. The van der Waals surface area contributed by atoms with Crippen LogP contribution in [0.3, 0.4) is 0 Å². The Morgan fingerprint density at radius 2 is 2.00 bits per heavy atom. The summed E-state index contributed by atoms with van der Waals surface area (Å²) in [4.78, 5) is 0. The van der Waals surface area contributed by atoms with Gasteiger partial charge in [0.2, 0.25) is 0 Å². The van der Waals surface area contributed by atoms with Crippen LogP contribution in [-0.4, -0.2) is 5.38 Å². The van der Waals surface area contributed by atoms with Gasteiger partial charge in [-0.25, -0.2) is 0 Å². The lowest BCUT2D eigenvalue weighted by Gasteiger charge is -2.05. The van der Waals surface area contributed by atoms with E-state index in [1.807, 2.05) is 6.92 Å². The fraction of sp³-hybridized carbons (Fsp3) is 0.600. The quantitative estimate of drug-likeness (QED) is 0.529. The van der Waals surface area contributed by atoms with E-state index in [1.165, 1.54) is 16.7 Å². The molecule has 1 aliphatic carbocycles. The van der Waals surface area contributed by atoms with Gasteiger partial charge in [-0.3, -0.25) is 0 Å². The SMILES string of the molecule is CC1=C(C)C(C)C=C1[C@H](C)Cl. The molecule has 0 nitrogen and oxygen atoms in total. The van der Waals surface area contributed by atoms with Crippen molar-refractivity contribution in [1.29, 1.82) is 0 Å². The predicted molar refractivity (Wildman–Crippen MR) is 50.9 cm³/mol. The Morgan fingerprint density at radius 3 is 2.18 bits per heavy atom. The number of hydrogen-bond donors (Lipinski definition) is 0. The minimum Gasteiger partial charge on any atom is -0.118 e. The van der Waals surface area contributed by atoms with E-state index in [2.05, 4.69) is 26.8 Å². The lowest BCUT2D eigenvalue weighted by Crippen LogP contribution is -1.95. The molecule has 11 heavy (non-hydrogen) atoms. The molecule has 0 heterocycles. The van der Waals surface area contributed by atoms with Crippen LogP contribution in [0.4, 0.5) is 0 Å². The molecule has 0 radical (unpaired) electrons. The van der Waals surface area contributed by atoms with Crippen molar-refractivity contribution in [2.45, 2.75) is 33.1 Å². The molecule has 1 aliphatic rings. The minimum absolute atomic E-state index is 0.162. The Balaban J connectivity index is 2.94. The first-order valence-corrected chi connectivity index (χ1v) is 4.51. The van der Waals surface area contributed by atoms with Gasteiger partial charge in [0.15, 0.2) is 0 Å². The zero-order valence-electron chi connectivity index (χ0n) is 7.61. The third-order valence-electron chi connectivity index (χ3n) is 2.57. The van der Waals surface area contributed by atoms with Gasteiger partial charge in [0.05, 0.1) is 5.38 Å². The number of halogens is 1. The molecule has 1 rings (SSSR count). The second-order valence-corrected chi connectivity index (χ2v) is 3.99. The van der Waals surface area contributed by atoms with Gasteiger partial charge in [-0.1, -0.05) is 18.6 Å². The average Bonchev–Trinajstić information content (AvgIpc) is 2.17. The maximum atomic E-state index is 6.01. The minimum atomic E-state index is 0.162. The van der Waals surface area contributed by atoms with Gasteiger partial charge in [-0.15, -0.1) is 11.6 Å². The molecule has 0 aromatic heterocycles. The largest absolute Gasteiger partial charge is 0.118 e. The van der Waals surface area contributed by atoms with Crippen molar-refractivity contribution in [3.63, 3.8) is 0 Å². The van der Waals surface area contributed by atoms with Crippen molar-refractivity contribution in [3.05, 3.63) is 22.8 Å². The van der Waals surface area contributed by atoms with E-state index in [0.29, 0.717) is 5.92 Å². The van der Waals surface area contributed by atoms with Crippen LogP contribution in [0.5, 0.6) is 0 Å². The van der Waals surface area contributed by atoms with E-state index < -0.39 is 0 Å². The summed E-state index contributed by atoms with van der Waals surface area (Å²) in [7, 11) is 0. The van der Waals surface area contributed by atoms with Gasteiger partial charge in [-0.2, -0.15) is 0 Å². The highest BCUT2D eigenvalue weighted by atomic mass is 35.5. The molecular formula is C10H15Cl. The highest BCUT2D eigenvalue weighted by molar-refractivity contribution is 6.22. The zero-order valence-corrected chi connectivity index (χ0v) is 8.37. The van der Waals surface area contributed by atoms with Crippen LogP contribution < -0.4 is 0 Å². The highest BCUT2D eigenvalue weighted by Crippen LogP contribution is 2.33. The summed E-state index contributed by atoms with van der Waals surface area (Å²) in [5.74, 6) is 0.589. The fourth-order valence-corrected chi connectivity index (χ4v) is 1.76. The molecule has 1 heteroatoms. The molecule has 0 amide bonds. The number of rotatable bonds is 1. The van der Waals surface area contributed by atoms with Gasteiger partial charge < -0.3 is 0 Å². The first-order valence-electron chi connectivity index (χ1n) is 4.07. The molecular weight excluding hydrogens is 156 g/mol. The van der Waals surface area contributed by atoms with E-state index in [9.17, 15) is 0 Å². The van der Waals surface area contributed by atoms with Crippen molar-refractivity contribution < 1.29 is 0 Å². The van der Waals surface area contributed by atoms with Crippen molar-refractivity contribution in [2.24, 2.45) is 5.92 Å². The van der Waals surface area contributed by atoms with E-state index in [1.54, 1.807) is 0 Å². The highest BCUT2D eigenvalue weighted by Gasteiger charge is 2.19. The Hall–Kier alpha value is -0.230. The van der Waals surface area contributed by atoms with Crippen LogP contribution in [-0.2, 0) is 0 Å². The second-order valence-electron chi connectivity index (χ2n) is 3.33. The maximum Gasteiger partial charge on any atom is 0.0556 e. The summed E-state index contributed by atoms with van der Waals surface area (Å²) in [5.41, 5.74) is 4.17. The molecule has 0 bridgehead atoms. The predicted octanol–water partition coefficient (Wildman–Crippen LogP) is 3.53. The standard InChI is InChI=1S/C10H15Cl/c1-6-5-10(9(4)11)8(3)7(6)2/h5-6,9H,1-4H3/t6?,9-/m0/s1. The molecule has 0 aromatic carbocycles. The average molecular weight is 171 g/mol. The monoisotopic (exact) mass is 170 g/mol. The molecule has 1 unspecified atom stereocenters. The number of allylic oxidation sites excluding steroid dienone is 4. The zero-order chi connectivity index (χ0) is 8.59. The summed E-state index contributed by atoms with van der Waals surface area (Å²) in [6.07, 6.45) is 2.27. The Kier molecular flexibility index (Phi) is 2.43. The molecule has 0 saturated heterocycles. The molecule has 2 atom stereocenters. The summed E-state index contributed by atoms with van der Waals surface area (Å²) in [6, 6.07) is 0. The first-order chi connectivity index (χ1) is 5.04. The molecule has 0 saturated carbocycles. The number of alkyl halides is 1. The van der Waals surface area contributed by atoms with Gasteiger partial charge in [0.1, 0.15) is 0 Å². The van der Waals surface area contributed by atoms with Gasteiger partial charge >= 0.3 is 0 Å². The Morgan fingerprint density at radius 1 is 1.45 bits per heavy atom. The van der Waals surface area contributed by atoms with Crippen LogP contribution >= 0.6 is 11.6 Å². The Labute approximate surface area is 73.9 Å². The van der Waals surface area contributed by atoms with Crippen molar-refractivity contribution in [2.75, 3.05) is 0 Å². The molecule has 0 N–H and O–H groups in total. The van der Waals surface area contributed by atoms with Crippen LogP contribution in [0.1, 0.15) is 27.7 Å². The van der Waals surface area contributed by atoms with Crippen LogP contribution in [0.15, 0.2) is 22.8 Å². The fourth-order valence-electron chi connectivity index (χ4n) is 1.52. The lowest BCUT2D eigenvalue weighted by atomic mass is 10.0. The summed E-state index contributed by atoms with van der Waals surface area (Å²) < 4.78 is 0. The summed E-state index contributed by atoms with van der Waals surface area (Å²) in [5, 5.41) is 0.162. The van der Waals surface area contributed by atoms with E-state index in [4.69, 9.17) is 11.6 Å². The molecule has 0 spiro atoms. The Bertz CT molecular complexity index is 221. The second kappa shape index (κ2) is 3.02. The van der Waals surface area contributed by atoms with E-state index in [0.717, 1.165) is 0 Å². The molecule has 0 aromatic rings. The van der Waals surface area contributed by atoms with Crippen LogP contribution in [0.25, 0.3) is 0 Å². The molecule has 0 aliphatic heterocycles. The smallest absolute Gasteiger partial charge is 0.0556 e. The van der Waals surface area contributed by atoms with Crippen molar-refractivity contribution in [1.82, 2.24) is 0 Å². The third-order valence-corrected chi connectivity index (χ3v) is 2.80. The topological polar surface area (TPSA) is 0 Å². The van der Waals surface area contributed by atoms with E-state index in [-0.39, 0.29) is 5.38 Å². The lowest BCUT2D eigenvalue weighted by molar-refractivity contribution is 0.874. The van der Waals surface area contributed by atoms with Gasteiger partial charge in [0, 0.05) is 0 Å². The molecule has 62 valence electrons. The summed E-state index contributed by atoms with van der Waals surface area (Å²) in [6.45, 7) is 8.58. The van der Waals surface area contributed by atoms with Gasteiger partial charge in [0.25, 0.3) is 0 Å². The summed E-state index contributed by atoms with van der Waals surface area (Å²) >= 11 is 6.01. The molecule has 0 fully saturated rings. The maximum absolute atomic E-state index is 6.01. The van der Waals surface area contributed by atoms with Crippen LogP contribution in [0, 0.1) is 5.92 Å². The van der Waals surface area contributed by atoms with E-state index >= 15 is 0 Å². The number of hydrogen-bond acceptors (Lipinski definition) is 0. The van der Waals surface area contributed by atoms with Crippen molar-refractivity contribution >= 4 is 11.6 Å². The van der Waals surface area contributed by atoms with Gasteiger partial charge in [-0.05, 0) is 37.8 Å². The normalized spacial score (nSPS) is 27.4. The van der Waals surface area contributed by atoms with Crippen LogP contribution in [0.2, 0.25) is 0 Å². The first kappa shape index (κ1) is 8.86.